The fourth-order valence-electron chi connectivity index (χ4n) is 3.41. The lowest BCUT2D eigenvalue weighted by Gasteiger charge is -2.15. The van der Waals surface area contributed by atoms with Crippen LogP contribution in [0.25, 0.3) is 10.9 Å². The van der Waals surface area contributed by atoms with Crippen molar-refractivity contribution in [2.75, 3.05) is 12.9 Å². The molecule has 0 amide bonds. The van der Waals surface area contributed by atoms with Gasteiger partial charge in [-0.3, -0.25) is 0 Å². The standard InChI is InChI=1S/C21H18ClF4NO2S/c1-29-20(28)16-9-13-8-15(27(5-2-6-30)19(13)11-18(16)23)7-12-3-4-14(22)10-17(12)21(24,25)26/h3-4,8-11,30H,2,5-7H2,1H3. The number of thiol groups is 1. The highest BCUT2D eigenvalue weighted by Crippen LogP contribution is 2.35. The van der Waals surface area contributed by atoms with Gasteiger partial charge in [0.15, 0.2) is 0 Å². The van der Waals surface area contributed by atoms with Crippen LogP contribution in [0.5, 0.6) is 0 Å². The molecule has 0 unspecified atom stereocenters. The monoisotopic (exact) mass is 459 g/mol. The van der Waals surface area contributed by atoms with Crippen LogP contribution < -0.4 is 0 Å². The molecule has 0 bridgehead atoms. The minimum atomic E-state index is -4.56. The Balaban J connectivity index is 2.15. The van der Waals surface area contributed by atoms with E-state index in [1.165, 1.54) is 24.3 Å². The minimum absolute atomic E-state index is 0.00789. The predicted octanol–water partition coefficient (Wildman–Crippen LogP) is 6.15. The normalized spacial score (nSPS) is 11.8. The molecule has 0 fully saturated rings. The zero-order chi connectivity index (χ0) is 22.1. The van der Waals surface area contributed by atoms with Crippen LogP contribution in [0.1, 0.15) is 33.6 Å². The van der Waals surface area contributed by atoms with Crippen LogP contribution in [0, 0.1) is 5.82 Å². The van der Waals surface area contributed by atoms with Gasteiger partial charge >= 0.3 is 12.1 Å². The number of halogens is 5. The molecule has 0 N–H and O–H groups in total. The average Bonchev–Trinajstić information content (AvgIpc) is 3.01. The van der Waals surface area contributed by atoms with Crippen molar-refractivity contribution in [1.29, 1.82) is 0 Å². The lowest BCUT2D eigenvalue weighted by molar-refractivity contribution is -0.138. The van der Waals surface area contributed by atoms with Crippen LogP contribution in [0.4, 0.5) is 17.6 Å². The first-order valence-corrected chi connectivity index (χ1v) is 10.0. The van der Waals surface area contributed by atoms with E-state index in [0.29, 0.717) is 35.3 Å². The highest BCUT2D eigenvalue weighted by Gasteiger charge is 2.33. The van der Waals surface area contributed by atoms with E-state index in [0.717, 1.165) is 13.2 Å². The minimum Gasteiger partial charge on any atom is -0.465 e. The molecular weight excluding hydrogens is 442 g/mol. The van der Waals surface area contributed by atoms with Gasteiger partial charge in [0.2, 0.25) is 0 Å². The first-order valence-electron chi connectivity index (χ1n) is 9.02. The summed E-state index contributed by atoms with van der Waals surface area (Å²) in [7, 11) is 1.15. The molecule has 30 heavy (non-hydrogen) atoms. The number of benzene rings is 2. The second-order valence-corrected chi connectivity index (χ2v) is 7.61. The molecule has 0 aliphatic heterocycles. The lowest BCUT2D eigenvalue weighted by atomic mass is 10.0. The van der Waals surface area contributed by atoms with Gasteiger partial charge in [-0.2, -0.15) is 25.8 Å². The smallest absolute Gasteiger partial charge is 0.416 e. The van der Waals surface area contributed by atoms with Crippen molar-refractivity contribution in [3.63, 3.8) is 0 Å². The number of fused-ring (bicyclic) bond motifs is 1. The van der Waals surface area contributed by atoms with Crippen LogP contribution in [-0.2, 0) is 23.9 Å². The van der Waals surface area contributed by atoms with Gasteiger partial charge < -0.3 is 9.30 Å². The summed E-state index contributed by atoms with van der Waals surface area (Å²) < 4.78 is 61.3. The molecule has 0 aliphatic rings. The van der Waals surface area contributed by atoms with Crippen LogP contribution in [0.3, 0.4) is 0 Å². The van der Waals surface area contributed by atoms with Gasteiger partial charge in [0.25, 0.3) is 0 Å². The number of carbonyl (C=O) groups is 1. The Bertz CT molecular complexity index is 1090. The van der Waals surface area contributed by atoms with E-state index < -0.39 is 23.5 Å². The van der Waals surface area contributed by atoms with Crippen molar-refractivity contribution in [3.05, 3.63) is 69.6 Å². The maximum Gasteiger partial charge on any atom is 0.416 e. The van der Waals surface area contributed by atoms with Crippen molar-refractivity contribution >= 4 is 41.1 Å². The number of aryl methyl sites for hydroxylation is 1. The van der Waals surface area contributed by atoms with Gasteiger partial charge in [-0.05, 0) is 48.1 Å². The Labute approximate surface area is 181 Å². The van der Waals surface area contributed by atoms with Crippen molar-refractivity contribution in [2.24, 2.45) is 0 Å². The second kappa shape index (κ2) is 8.89. The van der Waals surface area contributed by atoms with Crippen molar-refractivity contribution in [3.8, 4) is 0 Å². The molecule has 0 radical (unpaired) electrons. The molecule has 3 aromatic rings. The summed E-state index contributed by atoms with van der Waals surface area (Å²) >= 11 is 9.96. The predicted molar refractivity (Wildman–Crippen MR) is 111 cm³/mol. The molecule has 1 heterocycles. The van der Waals surface area contributed by atoms with E-state index in [1.54, 1.807) is 10.6 Å². The lowest BCUT2D eigenvalue weighted by Crippen LogP contribution is -2.11. The number of nitrogens with zero attached hydrogens (tertiary/aromatic N) is 1. The molecule has 0 spiro atoms. The van der Waals surface area contributed by atoms with E-state index in [4.69, 9.17) is 11.6 Å². The van der Waals surface area contributed by atoms with Crippen molar-refractivity contribution in [1.82, 2.24) is 4.57 Å². The van der Waals surface area contributed by atoms with Gasteiger partial charge in [0.1, 0.15) is 5.82 Å². The van der Waals surface area contributed by atoms with E-state index in [9.17, 15) is 22.4 Å². The second-order valence-electron chi connectivity index (χ2n) is 6.72. The van der Waals surface area contributed by atoms with Gasteiger partial charge in [-0.15, -0.1) is 0 Å². The summed E-state index contributed by atoms with van der Waals surface area (Å²) in [6.07, 6.45) is -3.97. The quantitative estimate of drug-likeness (QED) is 0.272. The van der Waals surface area contributed by atoms with E-state index in [-0.39, 0.29) is 22.6 Å². The van der Waals surface area contributed by atoms with Gasteiger partial charge in [-0.1, -0.05) is 17.7 Å². The number of hydrogen-bond donors (Lipinski definition) is 1. The molecule has 160 valence electrons. The molecule has 2 aromatic carbocycles. The fourth-order valence-corrected chi connectivity index (χ4v) is 3.72. The largest absolute Gasteiger partial charge is 0.465 e. The van der Waals surface area contributed by atoms with Crippen LogP contribution in [0.2, 0.25) is 5.02 Å². The maximum absolute atomic E-state index is 14.5. The third kappa shape index (κ3) is 4.59. The number of carbonyl (C=O) groups excluding carboxylic acids is 1. The zero-order valence-corrected chi connectivity index (χ0v) is 17.5. The summed E-state index contributed by atoms with van der Waals surface area (Å²) in [5.74, 6) is -1.03. The number of ether oxygens (including phenoxy) is 1. The summed E-state index contributed by atoms with van der Waals surface area (Å²) in [5, 5.41) is 0.528. The number of hydrogen-bond acceptors (Lipinski definition) is 3. The Morgan fingerprint density at radius 2 is 1.93 bits per heavy atom. The van der Waals surface area contributed by atoms with E-state index in [2.05, 4.69) is 17.4 Å². The van der Waals surface area contributed by atoms with Crippen molar-refractivity contribution in [2.45, 2.75) is 25.6 Å². The topological polar surface area (TPSA) is 31.2 Å². The molecule has 0 saturated heterocycles. The number of rotatable bonds is 6. The highest BCUT2D eigenvalue weighted by atomic mass is 35.5. The fraction of sp³-hybridized carbons (Fsp3) is 0.286. The average molecular weight is 460 g/mol. The summed E-state index contributed by atoms with van der Waals surface area (Å²) in [6, 6.07) is 7.86. The van der Waals surface area contributed by atoms with Gasteiger partial charge in [0.05, 0.1) is 23.8 Å². The highest BCUT2D eigenvalue weighted by molar-refractivity contribution is 7.80. The van der Waals surface area contributed by atoms with Crippen LogP contribution >= 0.6 is 24.2 Å². The molecule has 3 nitrogen and oxygen atoms in total. The number of methoxy groups -OCH3 is 1. The first-order chi connectivity index (χ1) is 14.2. The molecule has 0 aliphatic carbocycles. The Kier molecular flexibility index (Phi) is 6.67. The van der Waals surface area contributed by atoms with E-state index in [1.807, 2.05) is 0 Å². The van der Waals surface area contributed by atoms with Crippen molar-refractivity contribution < 1.29 is 27.1 Å². The number of aromatic nitrogens is 1. The summed E-state index contributed by atoms with van der Waals surface area (Å²) in [4.78, 5) is 11.8. The Hall–Kier alpha value is -2.19. The van der Waals surface area contributed by atoms with E-state index >= 15 is 0 Å². The molecule has 0 saturated carbocycles. The molecule has 9 heteroatoms. The number of esters is 1. The molecule has 1 aromatic heterocycles. The Morgan fingerprint density at radius 1 is 1.20 bits per heavy atom. The number of alkyl halides is 3. The third-order valence-corrected chi connectivity index (χ3v) is 5.32. The summed E-state index contributed by atoms with van der Waals surface area (Å²) in [6.45, 7) is 0.439. The SMILES string of the molecule is COC(=O)c1cc2cc(Cc3ccc(Cl)cc3C(F)(F)F)n(CCCS)c2cc1F. The summed E-state index contributed by atoms with van der Waals surface area (Å²) in [5.41, 5.74) is 0.0452. The third-order valence-electron chi connectivity index (χ3n) is 4.77. The van der Waals surface area contributed by atoms with Crippen LogP contribution in [-0.4, -0.2) is 23.4 Å². The first kappa shape index (κ1) is 22.5. The van der Waals surface area contributed by atoms with Gasteiger partial charge in [-0.25, -0.2) is 9.18 Å². The molecule has 3 rings (SSSR count). The molecule has 0 atom stereocenters. The van der Waals surface area contributed by atoms with Crippen LogP contribution in [0.15, 0.2) is 36.4 Å². The maximum atomic E-state index is 14.5. The Morgan fingerprint density at radius 3 is 2.57 bits per heavy atom. The van der Waals surface area contributed by atoms with Gasteiger partial charge in [0, 0.05) is 29.1 Å². The zero-order valence-electron chi connectivity index (χ0n) is 15.9. The molecular formula is C21H18ClF4NO2S.